The second-order valence-electron chi connectivity index (χ2n) is 7.84. The molecule has 0 radical (unpaired) electrons. The lowest BCUT2D eigenvalue weighted by atomic mass is 10.1. The summed E-state index contributed by atoms with van der Waals surface area (Å²) >= 11 is 0. The van der Waals surface area contributed by atoms with Crippen LogP contribution in [0.2, 0.25) is 0 Å². The highest BCUT2D eigenvalue weighted by Crippen LogP contribution is 2.33. The fraction of sp³-hybridized carbons (Fsp3) is 0.409. The number of rotatable bonds is 4. The quantitative estimate of drug-likeness (QED) is 0.684. The van der Waals surface area contributed by atoms with Gasteiger partial charge in [0.15, 0.2) is 0 Å². The molecule has 148 valence electrons. The van der Waals surface area contributed by atoms with Crippen molar-refractivity contribution in [1.29, 1.82) is 0 Å². The largest absolute Gasteiger partial charge is 0.351 e. The minimum Gasteiger partial charge on any atom is -0.351 e. The van der Waals surface area contributed by atoms with Crippen LogP contribution in [0.4, 0.5) is 5.82 Å². The lowest BCUT2D eigenvalue weighted by Crippen LogP contribution is -2.38. The maximum atomic E-state index is 12.5. The van der Waals surface area contributed by atoms with Gasteiger partial charge in [-0.2, -0.15) is 5.10 Å². The maximum absolute atomic E-state index is 12.5. The summed E-state index contributed by atoms with van der Waals surface area (Å²) in [6.45, 7) is 3.50. The molecule has 1 atom stereocenters. The van der Waals surface area contributed by atoms with Gasteiger partial charge in [0.05, 0.1) is 18.3 Å². The van der Waals surface area contributed by atoms with E-state index in [2.05, 4.69) is 20.0 Å². The molecule has 29 heavy (non-hydrogen) atoms. The van der Waals surface area contributed by atoms with E-state index in [0.29, 0.717) is 6.54 Å². The van der Waals surface area contributed by atoms with Gasteiger partial charge in [-0.05, 0) is 57.2 Å². The highest BCUT2D eigenvalue weighted by Gasteiger charge is 2.31. The van der Waals surface area contributed by atoms with Crippen LogP contribution in [-0.4, -0.2) is 37.3 Å². The molecule has 1 aliphatic heterocycles. The van der Waals surface area contributed by atoms with E-state index >= 15 is 0 Å². The lowest BCUT2D eigenvalue weighted by molar-refractivity contribution is 0.488. The van der Waals surface area contributed by atoms with Gasteiger partial charge in [0, 0.05) is 41.8 Å². The smallest absolute Gasteiger partial charge is 0.266 e. The summed E-state index contributed by atoms with van der Waals surface area (Å²) < 4.78 is 1.60. The molecule has 0 aromatic carbocycles. The molecular formula is C22H24N6O. The van der Waals surface area contributed by atoms with Gasteiger partial charge in [-0.3, -0.25) is 9.78 Å². The maximum Gasteiger partial charge on any atom is 0.266 e. The Kier molecular flexibility index (Phi) is 4.58. The number of pyridine rings is 1. The topological polar surface area (TPSA) is 76.8 Å². The van der Waals surface area contributed by atoms with Crippen molar-refractivity contribution in [2.45, 2.75) is 51.6 Å². The highest BCUT2D eigenvalue weighted by atomic mass is 16.1. The van der Waals surface area contributed by atoms with Crippen molar-refractivity contribution in [3.63, 3.8) is 0 Å². The summed E-state index contributed by atoms with van der Waals surface area (Å²) in [7, 11) is 0. The van der Waals surface area contributed by atoms with E-state index in [9.17, 15) is 4.79 Å². The first-order valence-electron chi connectivity index (χ1n) is 10.3. The third-order valence-electron chi connectivity index (χ3n) is 5.90. The Morgan fingerprint density at radius 3 is 2.79 bits per heavy atom. The van der Waals surface area contributed by atoms with Crippen LogP contribution in [0.5, 0.6) is 0 Å². The zero-order valence-electron chi connectivity index (χ0n) is 16.6. The third-order valence-corrected chi connectivity index (χ3v) is 5.90. The average molecular weight is 388 g/mol. The number of anilines is 1. The first-order valence-corrected chi connectivity index (χ1v) is 10.3. The van der Waals surface area contributed by atoms with Gasteiger partial charge < -0.3 is 4.90 Å². The van der Waals surface area contributed by atoms with Crippen molar-refractivity contribution in [3.05, 3.63) is 64.1 Å². The summed E-state index contributed by atoms with van der Waals surface area (Å²) in [6.07, 6.45) is 8.84. The SMILES string of the molecule is Cc1nc2c(c(N3CCCC3Cn3nc(-c4ccncc4)ccc3=O)n1)CCC2. The normalized spacial score (nSPS) is 18.2. The number of nitrogens with zero attached hydrogens (tertiary/aromatic N) is 6. The standard InChI is InChI=1S/C22H24N6O/c1-15-24-20-6-2-5-18(20)22(25-15)27-13-3-4-17(27)14-28-21(29)8-7-19(26-28)16-9-11-23-12-10-16/h7-12,17H,2-6,13-14H2,1H3. The molecule has 1 fully saturated rings. The molecular weight excluding hydrogens is 364 g/mol. The predicted molar refractivity (Wildman–Crippen MR) is 111 cm³/mol. The van der Waals surface area contributed by atoms with Crippen LogP contribution in [-0.2, 0) is 19.4 Å². The van der Waals surface area contributed by atoms with Crippen molar-refractivity contribution in [3.8, 4) is 11.3 Å². The minimum absolute atomic E-state index is 0.0706. The van der Waals surface area contributed by atoms with Crippen molar-refractivity contribution in [2.24, 2.45) is 0 Å². The number of hydrogen-bond donors (Lipinski definition) is 0. The van der Waals surface area contributed by atoms with E-state index in [1.165, 1.54) is 11.3 Å². The molecule has 7 nitrogen and oxygen atoms in total. The molecule has 0 saturated carbocycles. The first-order chi connectivity index (χ1) is 14.2. The molecule has 1 saturated heterocycles. The van der Waals surface area contributed by atoms with E-state index in [0.717, 1.165) is 61.5 Å². The van der Waals surface area contributed by atoms with E-state index < -0.39 is 0 Å². The van der Waals surface area contributed by atoms with Crippen molar-refractivity contribution in [2.75, 3.05) is 11.4 Å². The Morgan fingerprint density at radius 1 is 1.07 bits per heavy atom. The summed E-state index contributed by atoms with van der Waals surface area (Å²) in [4.78, 5) is 28.4. The first kappa shape index (κ1) is 18.0. The van der Waals surface area contributed by atoms with Crippen LogP contribution >= 0.6 is 0 Å². The number of fused-ring (bicyclic) bond motifs is 1. The zero-order chi connectivity index (χ0) is 19.8. The Balaban J connectivity index is 1.46. The Labute approximate surface area is 169 Å². The van der Waals surface area contributed by atoms with Gasteiger partial charge in [-0.1, -0.05) is 0 Å². The Hall–Kier alpha value is -3.09. The molecule has 0 amide bonds. The van der Waals surface area contributed by atoms with E-state index in [-0.39, 0.29) is 11.6 Å². The molecule has 3 aromatic heterocycles. The second kappa shape index (κ2) is 7.39. The number of hydrogen-bond acceptors (Lipinski definition) is 6. The molecule has 5 rings (SSSR count). The van der Waals surface area contributed by atoms with Crippen LogP contribution in [0.25, 0.3) is 11.3 Å². The average Bonchev–Trinajstić information content (AvgIpc) is 3.39. The van der Waals surface area contributed by atoms with Crippen LogP contribution in [0.1, 0.15) is 36.3 Å². The number of aromatic nitrogens is 5. The lowest BCUT2D eigenvalue weighted by Gasteiger charge is -2.28. The van der Waals surface area contributed by atoms with Crippen LogP contribution in [0.3, 0.4) is 0 Å². The minimum atomic E-state index is -0.0706. The summed E-state index contributed by atoms with van der Waals surface area (Å²) in [5.41, 5.74) is 4.18. The molecule has 4 heterocycles. The van der Waals surface area contributed by atoms with Crippen LogP contribution in [0.15, 0.2) is 41.5 Å². The van der Waals surface area contributed by atoms with Gasteiger partial charge in [-0.25, -0.2) is 14.6 Å². The van der Waals surface area contributed by atoms with Gasteiger partial charge in [-0.15, -0.1) is 0 Å². The molecule has 0 bridgehead atoms. The fourth-order valence-electron chi connectivity index (χ4n) is 4.53. The zero-order valence-corrected chi connectivity index (χ0v) is 16.6. The molecule has 0 N–H and O–H groups in total. The molecule has 3 aromatic rings. The van der Waals surface area contributed by atoms with Crippen molar-refractivity contribution < 1.29 is 0 Å². The highest BCUT2D eigenvalue weighted by molar-refractivity contribution is 5.57. The molecule has 1 unspecified atom stereocenters. The molecule has 2 aliphatic rings. The predicted octanol–water partition coefficient (Wildman–Crippen LogP) is 2.56. The molecule has 1 aliphatic carbocycles. The monoisotopic (exact) mass is 388 g/mol. The third kappa shape index (κ3) is 3.41. The van der Waals surface area contributed by atoms with Gasteiger partial charge >= 0.3 is 0 Å². The van der Waals surface area contributed by atoms with Gasteiger partial charge in [0.25, 0.3) is 5.56 Å². The van der Waals surface area contributed by atoms with Crippen LogP contribution < -0.4 is 10.5 Å². The summed E-state index contributed by atoms with van der Waals surface area (Å²) in [6, 6.07) is 7.42. The van der Waals surface area contributed by atoms with Crippen molar-refractivity contribution >= 4 is 5.82 Å². The van der Waals surface area contributed by atoms with Crippen molar-refractivity contribution in [1.82, 2.24) is 24.7 Å². The fourth-order valence-corrected chi connectivity index (χ4v) is 4.53. The molecule has 0 spiro atoms. The van der Waals surface area contributed by atoms with E-state index in [1.54, 1.807) is 29.2 Å². The Morgan fingerprint density at radius 2 is 1.93 bits per heavy atom. The van der Waals surface area contributed by atoms with Gasteiger partial charge in [0.2, 0.25) is 0 Å². The summed E-state index contributed by atoms with van der Waals surface area (Å²) in [5.74, 6) is 1.91. The van der Waals surface area contributed by atoms with E-state index in [1.807, 2.05) is 19.1 Å². The van der Waals surface area contributed by atoms with Crippen LogP contribution in [0, 0.1) is 6.92 Å². The van der Waals surface area contributed by atoms with E-state index in [4.69, 9.17) is 4.98 Å². The Bertz CT molecular complexity index is 1090. The summed E-state index contributed by atoms with van der Waals surface area (Å²) in [5, 5.41) is 4.64. The molecule has 7 heteroatoms. The number of aryl methyl sites for hydroxylation is 2. The second-order valence-corrected chi connectivity index (χ2v) is 7.84. The van der Waals surface area contributed by atoms with Gasteiger partial charge in [0.1, 0.15) is 11.6 Å².